The fourth-order valence-corrected chi connectivity index (χ4v) is 6.27. The zero-order valence-corrected chi connectivity index (χ0v) is 36.6. The van der Waals surface area contributed by atoms with Gasteiger partial charge in [-0.05, 0) is 57.8 Å². The Morgan fingerprint density at radius 3 is 1.55 bits per heavy atom. The zero-order valence-electron chi connectivity index (χ0n) is 36.6. The van der Waals surface area contributed by atoms with Crippen molar-refractivity contribution in [2.24, 2.45) is 0 Å². The van der Waals surface area contributed by atoms with Gasteiger partial charge in [0.2, 0.25) is 0 Å². The van der Waals surface area contributed by atoms with Crippen LogP contribution >= 0.6 is 0 Å². The third-order valence-corrected chi connectivity index (χ3v) is 9.75. The highest BCUT2D eigenvalue weighted by Crippen LogP contribution is 2.14. The highest BCUT2D eigenvalue weighted by Gasteiger charge is 2.31. The first-order valence-electron chi connectivity index (χ1n) is 22.4. The maximum absolute atomic E-state index is 12.7. The quantitative estimate of drug-likeness (QED) is 0.0218. The van der Waals surface area contributed by atoms with Gasteiger partial charge in [-0.3, -0.25) is 9.59 Å². The molecule has 0 spiro atoms. The highest BCUT2D eigenvalue weighted by atomic mass is 16.6. The predicted octanol–water partition coefficient (Wildman–Crippen LogP) is 12.2. The van der Waals surface area contributed by atoms with Crippen molar-refractivity contribution < 1.29 is 38.2 Å². The maximum atomic E-state index is 12.7. The molecular formula is C48H84NO7+. The van der Waals surface area contributed by atoms with Crippen LogP contribution in [0.5, 0.6) is 0 Å². The van der Waals surface area contributed by atoms with Crippen LogP contribution in [0, 0.1) is 0 Å². The van der Waals surface area contributed by atoms with Crippen LogP contribution in [0.1, 0.15) is 174 Å². The number of rotatable bonds is 39. The molecule has 0 bridgehead atoms. The number of quaternary nitrogens is 1. The van der Waals surface area contributed by atoms with Crippen molar-refractivity contribution in [2.45, 2.75) is 187 Å². The van der Waals surface area contributed by atoms with E-state index in [0.29, 0.717) is 19.3 Å². The molecule has 0 saturated heterocycles. The summed E-state index contributed by atoms with van der Waals surface area (Å²) >= 11 is 0. The van der Waals surface area contributed by atoms with Crippen LogP contribution in [0.2, 0.25) is 0 Å². The van der Waals surface area contributed by atoms with Crippen LogP contribution in [0.15, 0.2) is 60.8 Å². The van der Waals surface area contributed by atoms with Gasteiger partial charge in [0.1, 0.15) is 6.61 Å². The van der Waals surface area contributed by atoms with E-state index >= 15 is 0 Å². The first kappa shape index (κ1) is 53.0. The van der Waals surface area contributed by atoms with E-state index in [2.05, 4.69) is 38.2 Å². The number of hydrogen-bond acceptors (Lipinski definition) is 6. The molecule has 1 N–H and O–H groups in total. The summed E-state index contributed by atoms with van der Waals surface area (Å²) in [5.41, 5.74) is 0. The second-order valence-corrected chi connectivity index (χ2v) is 16.0. The number of allylic oxidation sites excluding steroid dienone is 10. The SMILES string of the molecule is CC/C=C/C=C/C=C/C=C/CCCCCC(=O)OC(COCCC(C(=O)O)[N+](C)(C)C)COC(=O)CCCCCCCCC/C=C/CCCCCCCCCC. The number of aliphatic carboxylic acids is 1. The van der Waals surface area contributed by atoms with Crippen molar-refractivity contribution in [3.8, 4) is 0 Å². The van der Waals surface area contributed by atoms with Crippen molar-refractivity contribution in [2.75, 3.05) is 41.0 Å². The summed E-state index contributed by atoms with van der Waals surface area (Å²) in [6, 6.07) is -0.624. The molecular weight excluding hydrogens is 703 g/mol. The molecule has 0 aliphatic rings. The van der Waals surface area contributed by atoms with Gasteiger partial charge in [0, 0.05) is 19.3 Å². The molecule has 0 aromatic carbocycles. The topological polar surface area (TPSA) is 99.1 Å². The Morgan fingerprint density at radius 1 is 0.554 bits per heavy atom. The molecule has 0 amide bonds. The highest BCUT2D eigenvalue weighted by molar-refractivity contribution is 5.72. The largest absolute Gasteiger partial charge is 0.477 e. The number of carbonyl (C=O) groups excluding carboxylic acids is 2. The van der Waals surface area contributed by atoms with E-state index in [9.17, 15) is 19.5 Å². The Labute approximate surface area is 343 Å². The number of carbonyl (C=O) groups is 3. The van der Waals surface area contributed by atoms with Gasteiger partial charge in [-0.2, -0.15) is 0 Å². The lowest BCUT2D eigenvalue weighted by molar-refractivity contribution is -0.887. The third-order valence-electron chi connectivity index (χ3n) is 9.75. The van der Waals surface area contributed by atoms with Gasteiger partial charge < -0.3 is 23.8 Å². The fraction of sp³-hybridized carbons (Fsp3) is 0.729. The molecule has 8 nitrogen and oxygen atoms in total. The molecule has 0 fully saturated rings. The van der Waals surface area contributed by atoms with E-state index in [1.54, 1.807) is 0 Å². The lowest BCUT2D eigenvalue weighted by Crippen LogP contribution is -2.50. The second-order valence-electron chi connectivity index (χ2n) is 16.0. The van der Waals surface area contributed by atoms with Crippen LogP contribution in [0.4, 0.5) is 0 Å². The molecule has 0 aliphatic heterocycles. The van der Waals surface area contributed by atoms with Crippen LogP contribution in [-0.2, 0) is 28.6 Å². The van der Waals surface area contributed by atoms with Crippen molar-refractivity contribution in [3.05, 3.63) is 60.8 Å². The standard InChI is InChI=1S/C48H83NO7/c1-6-8-10-12-14-16-18-20-21-22-23-24-25-27-28-30-32-34-36-38-46(50)55-43-44(42-54-41-40-45(48(52)53)49(3,4)5)56-47(51)39-37-35-33-31-29-26-19-17-15-13-11-9-7-2/h9,11,13,15,17,19,22-23,26,29,44-45H,6-8,10,12,14,16,18,20-21,24-25,27-28,30-43H2,1-5H3/p+1/b11-9+,15-13+,19-17+,23-22+,29-26+. The summed E-state index contributed by atoms with van der Waals surface area (Å²) < 4.78 is 17.2. The molecule has 56 heavy (non-hydrogen) atoms. The zero-order chi connectivity index (χ0) is 41.4. The Balaban J connectivity index is 4.35. The number of carboxylic acid groups (broad SMARTS) is 1. The lowest BCUT2D eigenvalue weighted by atomic mass is 10.1. The van der Waals surface area contributed by atoms with Gasteiger partial charge in [0.05, 0.1) is 34.4 Å². The Bertz CT molecular complexity index is 1100. The van der Waals surface area contributed by atoms with Crippen molar-refractivity contribution in [3.63, 3.8) is 0 Å². The van der Waals surface area contributed by atoms with E-state index in [1.807, 2.05) is 57.6 Å². The lowest BCUT2D eigenvalue weighted by Gasteiger charge is -2.31. The average Bonchev–Trinajstić information content (AvgIpc) is 3.15. The van der Waals surface area contributed by atoms with E-state index < -0.39 is 18.1 Å². The van der Waals surface area contributed by atoms with Crippen molar-refractivity contribution in [1.29, 1.82) is 0 Å². The number of nitrogens with zero attached hydrogens (tertiary/aromatic N) is 1. The van der Waals surface area contributed by atoms with Gasteiger partial charge in [0.15, 0.2) is 12.1 Å². The van der Waals surface area contributed by atoms with Crippen LogP contribution in [0.3, 0.4) is 0 Å². The number of likely N-dealkylation sites (N-methyl/N-ethyl adjacent to an activating group) is 1. The second kappa shape index (κ2) is 38.9. The minimum absolute atomic E-state index is 0.0416. The Hall–Kier alpha value is -2.97. The monoisotopic (exact) mass is 787 g/mol. The smallest absolute Gasteiger partial charge is 0.362 e. The Morgan fingerprint density at radius 2 is 1.02 bits per heavy atom. The van der Waals surface area contributed by atoms with E-state index in [1.165, 1.54) is 89.9 Å². The Kier molecular flexibility index (Phi) is 36.8. The predicted molar refractivity (Wildman–Crippen MR) is 234 cm³/mol. The maximum Gasteiger partial charge on any atom is 0.362 e. The molecule has 0 radical (unpaired) electrons. The molecule has 0 aliphatic carbocycles. The summed E-state index contributed by atoms with van der Waals surface area (Å²) in [6.45, 7) is 4.54. The molecule has 8 heteroatoms. The van der Waals surface area contributed by atoms with Crippen LogP contribution in [0.25, 0.3) is 0 Å². The summed E-state index contributed by atoms with van der Waals surface area (Å²) in [4.78, 5) is 36.9. The summed E-state index contributed by atoms with van der Waals surface area (Å²) in [7, 11) is 5.50. The summed E-state index contributed by atoms with van der Waals surface area (Å²) in [5, 5.41) is 9.61. The first-order valence-corrected chi connectivity index (χ1v) is 22.4. The van der Waals surface area contributed by atoms with E-state index in [-0.39, 0.29) is 42.7 Å². The molecule has 2 atom stereocenters. The van der Waals surface area contributed by atoms with Crippen LogP contribution in [-0.4, -0.2) is 80.6 Å². The van der Waals surface area contributed by atoms with E-state index in [0.717, 1.165) is 44.9 Å². The number of carboxylic acids is 1. The van der Waals surface area contributed by atoms with Gasteiger partial charge in [-0.25, -0.2) is 4.79 Å². The molecule has 0 saturated carbocycles. The fourth-order valence-electron chi connectivity index (χ4n) is 6.27. The van der Waals surface area contributed by atoms with Crippen molar-refractivity contribution in [1.82, 2.24) is 0 Å². The average molecular weight is 787 g/mol. The molecule has 322 valence electrons. The number of hydrogen-bond donors (Lipinski definition) is 1. The van der Waals surface area contributed by atoms with Gasteiger partial charge in [0.25, 0.3) is 0 Å². The summed E-state index contributed by atoms with van der Waals surface area (Å²) in [5.74, 6) is -1.53. The van der Waals surface area contributed by atoms with Crippen molar-refractivity contribution >= 4 is 17.9 Å². The number of esters is 2. The van der Waals surface area contributed by atoms with Gasteiger partial charge in [-0.1, -0.05) is 158 Å². The minimum Gasteiger partial charge on any atom is -0.477 e. The number of unbranched alkanes of at least 4 members (excludes halogenated alkanes) is 18. The van der Waals surface area contributed by atoms with E-state index in [4.69, 9.17) is 14.2 Å². The first-order chi connectivity index (χ1) is 27.1. The van der Waals surface area contributed by atoms with Crippen LogP contribution < -0.4 is 0 Å². The van der Waals surface area contributed by atoms with Gasteiger partial charge >= 0.3 is 17.9 Å². The number of ether oxygens (including phenoxy) is 3. The molecule has 0 heterocycles. The normalized spacial score (nSPS) is 13.5. The summed E-state index contributed by atoms with van der Waals surface area (Å²) in [6.07, 6.45) is 47.0. The minimum atomic E-state index is -0.884. The van der Waals surface area contributed by atoms with Gasteiger partial charge in [-0.15, -0.1) is 0 Å². The third kappa shape index (κ3) is 36.7. The molecule has 0 aromatic heterocycles. The molecule has 0 rings (SSSR count). The molecule has 2 unspecified atom stereocenters. The molecule has 0 aromatic rings.